The highest BCUT2D eigenvalue weighted by Gasteiger charge is 2.13. The number of benzene rings is 1. The number of nitrogens with zero attached hydrogens (tertiary/aromatic N) is 3. The van der Waals surface area contributed by atoms with Crippen molar-refractivity contribution in [2.24, 2.45) is 0 Å². The summed E-state index contributed by atoms with van der Waals surface area (Å²) in [6, 6.07) is 8.16. The van der Waals surface area contributed by atoms with Crippen LogP contribution in [0.25, 0.3) is 22.0 Å². The van der Waals surface area contributed by atoms with Gasteiger partial charge in [0.1, 0.15) is 11.0 Å². The fourth-order valence-electron chi connectivity index (χ4n) is 2.46. The molecule has 0 aliphatic carbocycles. The molecule has 0 saturated heterocycles. The number of halogens is 1. The molecule has 0 unspecified atom stereocenters. The molecule has 0 bridgehead atoms. The van der Waals surface area contributed by atoms with E-state index < -0.39 is 0 Å². The van der Waals surface area contributed by atoms with Crippen molar-refractivity contribution in [3.8, 4) is 11.3 Å². The molecular weight excluding hydrogens is 282 g/mol. The van der Waals surface area contributed by atoms with Crippen molar-refractivity contribution < 1.29 is 0 Å². The van der Waals surface area contributed by atoms with Gasteiger partial charge in [0.15, 0.2) is 0 Å². The van der Waals surface area contributed by atoms with Gasteiger partial charge in [-0.3, -0.25) is 4.98 Å². The average molecular weight is 298 g/mol. The molecule has 0 fully saturated rings. The van der Waals surface area contributed by atoms with Gasteiger partial charge in [-0.1, -0.05) is 36.7 Å². The molecule has 0 aliphatic heterocycles. The Bertz CT molecular complexity index is 794. The van der Waals surface area contributed by atoms with Crippen LogP contribution in [0.2, 0.25) is 5.15 Å². The van der Waals surface area contributed by atoms with Crippen molar-refractivity contribution in [1.29, 1.82) is 0 Å². The lowest BCUT2D eigenvalue weighted by atomic mass is 10.0. The summed E-state index contributed by atoms with van der Waals surface area (Å²) in [5, 5.41) is 2.77. The molecule has 0 amide bonds. The van der Waals surface area contributed by atoms with Gasteiger partial charge >= 0.3 is 0 Å². The van der Waals surface area contributed by atoms with Crippen molar-refractivity contribution in [1.82, 2.24) is 15.0 Å². The molecule has 4 heteroatoms. The second-order valence-electron chi connectivity index (χ2n) is 5.06. The summed E-state index contributed by atoms with van der Waals surface area (Å²) in [7, 11) is 0. The van der Waals surface area contributed by atoms with Crippen LogP contribution < -0.4 is 0 Å². The highest BCUT2D eigenvalue weighted by molar-refractivity contribution is 6.30. The van der Waals surface area contributed by atoms with E-state index in [-0.39, 0.29) is 0 Å². The molecule has 21 heavy (non-hydrogen) atoms. The molecule has 1 aromatic carbocycles. The van der Waals surface area contributed by atoms with Crippen LogP contribution in [-0.4, -0.2) is 15.0 Å². The van der Waals surface area contributed by atoms with Gasteiger partial charge in [-0.2, -0.15) is 0 Å². The Balaban J connectivity index is 2.27. The quantitative estimate of drug-likeness (QED) is 0.663. The van der Waals surface area contributed by atoms with Crippen LogP contribution in [0.5, 0.6) is 0 Å². The van der Waals surface area contributed by atoms with Gasteiger partial charge in [0.05, 0.1) is 5.69 Å². The average Bonchev–Trinajstić information content (AvgIpc) is 2.50. The van der Waals surface area contributed by atoms with Crippen molar-refractivity contribution >= 4 is 22.4 Å². The predicted molar refractivity (Wildman–Crippen MR) is 86.5 cm³/mol. The lowest BCUT2D eigenvalue weighted by molar-refractivity contribution is 0.833. The Labute approximate surface area is 129 Å². The van der Waals surface area contributed by atoms with E-state index in [4.69, 9.17) is 16.6 Å². The van der Waals surface area contributed by atoms with Crippen molar-refractivity contribution in [3.05, 3.63) is 53.2 Å². The molecule has 3 nitrogen and oxygen atoms in total. The smallest absolute Gasteiger partial charge is 0.136 e. The summed E-state index contributed by atoms with van der Waals surface area (Å²) in [4.78, 5) is 13.3. The Morgan fingerprint density at radius 3 is 2.81 bits per heavy atom. The van der Waals surface area contributed by atoms with E-state index in [0.29, 0.717) is 5.15 Å². The molecule has 0 spiro atoms. The highest BCUT2D eigenvalue weighted by Crippen LogP contribution is 2.31. The summed E-state index contributed by atoms with van der Waals surface area (Å²) in [6.45, 7) is 4.08. The third kappa shape index (κ3) is 2.61. The second kappa shape index (κ2) is 5.78. The number of fused-ring (bicyclic) bond motifs is 1. The molecule has 0 saturated carbocycles. The maximum absolute atomic E-state index is 6.29. The van der Waals surface area contributed by atoms with Crippen molar-refractivity contribution in [2.45, 2.75) is 26.7 Å². The fraction of sp³-hybridized carbons (Fsp3) is 0.235. The Kier molecular flexibility index (Phi) is 3.84. The molecule has 106 valence electrons. The predicted octanol–water partition coefficient (Wildman–Crippen LogP) is 4.61. The summed E-state index contributed by atoms with van der Waals surface area (Å²) in [5.74, 6) is 0.800. The zero-order valence-corrected chi connectivity index (χ0v) is 12.9. The van der Waals surface area contributed by atoms with Gasteiger partial charge in [-0.25, -0.2) is 9.97 Å². The zero-order chi connectivity index (χ0) is 14.8. The number of hydrogen-bond donors (Lipinski definition) is 0. The van der Waals surface area contributed by atoms with Gasteiger partial charge in [0, 0.05) is 35.3 Å². The monoisotopic (exact) mass is 297 g/mol. The number of pyridine rings is 1. The number of aryl methyl sites for hydroxylation is 1. The molecule has 0 atom stereocenters. The first-order valence-electron chi connectivity index (χ1n) is 7.07. The summed E-state index contributed by atoms with van der Waals surface area (Å²) < 4.78 is 0. The largest absolute Gasteiger partial charge is 0.264 e. The lowest BCUT2D eigenvalue weighted by Crippen LogP contribution is -2.01. The number of rotatable bonds is 3. The van der Waals surface area contributed by atoms with Gasteiger partial charge < -0.3 is 0 Å². The number of hydrogen-bond acceptors (Lipinski definition) is 3. The topological polar surface area (TPSA) is 38.7 Å². The van der Waals surface area contributed by atoms with E-state index in [1.165, 1.54) is 0 Å². The molecule has 2 aromatic heterocycles. The van der Waals surface area contributed by atoms with E-state index in [2.05, 4.69) is 29.0 Å². The SMILES string of the molecule is CCCc1nc(Cl)c(C)c(-c2cccc3cnccc23)n1. The fourth-order valence-corrected chi connectivity index (χ4v) is 2.65. The second-order valence-corrected chi connectivity index (χ2v) is 5.41. The molecule has 3 aromatic rings. The standard InChI is InChI=1S/C17H16ClN3/c1-3-5-15-20-16(11(2)17(18)21-15)14-7-4-6-12-10-19-9-8-13(12)14/h4,6-10H,3,5H2,1-2H3. The Morgan fingerprint density at radius 2 is 2.00 bits per heavy atom. The first-order chi connectivity index (χ1) is 10.2. The maximum atomic E-state index is 6.29. The van der Waals surface area contributed by atoms with Crippen LogP contribution in [-0.2, 0) is 6.42 Å². The molecule has 2 heterocycles. The zero-order valence-electron chi connectivity index (χ0n) is 12.1. The number of aromatic nitrogens is 3. The normalized spacial score (nSPS) is 11.0. The molecule has 0 N–H and O–H groups in total. The minimum atomic E-state index is 0.537. The highest BCUT2D eigenvalue weighted by atomic mass is 35.5. The van der Waals surface area contributed by atoms with E-state index in [1.54, 1.807) is 6.20 Å². The van der Waals surface area contributed by atoms with Crippen LogP contribution in [0.4, 0.5) is 0 Å². The van der Waals surface area contributed by atoms with Crippen LogP contribution in [0, 0.1) is 6.92 Å². The minimum absolute atomic E-state index is 0.537. The molecule has 0 radical (unpaired) electrons. The molecule has 3 rings (SSSR count). The first-order valence-corrected chi connectivity index (χ1v) is 7.44. The van der Waals surface area contributed by atoms with Crippen LogP contribution in [0.3, 0.4) is 0 Å². The third-order valence-electron chi connectivity index (χ3n) is 3.54. The van der Waals surface area contributed by atoms with E-state index in [0.717, 1.165) is 46.3 Å². The van der Waals surface area contributed by atoms with E-state index in [9.17, 15) is 0 Å². The van der Waals surface area contributed by atoms with E-state index >= 15 is 0 Å². The first kappa shape index (κ1) is 14.0. The van der Waals surface area contributed by atoms with Crippen LogP contribution in [0.1, 0.15) is 24.7 Å². The third-order valence-corrected chi connectivity index (χ3v) is 3.91. The van der Waals surface area contributed by atoms with Crippen LogP contribution >= 0.6 is 11.6 Å². The minimum Gasteiger partial charge on any atom is -0.264 e. The Morgan fingerprint density at radius 1 is 1.14 bits per heavy atom. The van der Waals surface area contributed by atoms with Gasteiger partial charge in [-0.15, -0.1) is 0 Å². The van der Waals surface area contributed by atoms with Gasteiger partial charge in [0.2, 0.25) is 0 Å². The van der Waals surface area contributed by atoms with Gasteiger partial charge in [0.25, 0.3) is 0 Å². The Hall–Kier alpha value is -2.00. The van der Waals surface area contributed by atoms with E-state index in [1.807, 2.05) is 25.3 Å². The maximum Gasteiger partial charge on any atom is 0.136 e. The summed E-state index contributed by atoms with van der Waals surface area (Å²) in [6.07, 6.45) is 5.50. The van der Waals surface area contributed by atoms with Gasteiger partial charge in [-0.05, 0) is 24.8 Å². The van der Waals surface area contributed by atoms with Crippen molar-refractivity contribution in [2.75, 3.05) is 0 Å². The van der Waals surface area contributed by atoms with Crippen LogP contribution in [0.15, 0.2) is 36.7 Å². The summed E-state index contributed by atoms with van der Waals surface area (Å²) >= 11 is 6.29. The lowest BCUT2D eigenvalue weighted by Gasteiger charge is -2.11. The molecule has 0 aliphatic rings. The van der Waals surface area contributed by atoms with Crippen molar-refractivity contribution in [3.63, 3.8) is 0 Å². The molecular formula is C17H16ClN3. The summed E-state index contributed by atoms with van der Waals surface area (Å²) in [5.41, 5.74) is 2.91.